The van der Waals surface area contributed by atoms with Crippen LogP contribution in [0.25, 0.3) is 0 Å². The number of nitrogens with two attached hydrogens (primary N) is 1. The molecule has 21 heavy (non-hydrogen) atoms. The lowest BCUT2D eigenvalue weighted by atomic mass is 10.1. The van der Waals surface area contributed by atoms with Crippen LogP contribution in [0.5, 0.6) is 5.75 Å². The Balaban J connectivity index is 2.02. The van der Waals surface area contributed by atoms with Gasteiger partial charge in [0.25, 0.3) is 0 Å². The number of likely N-dealkylation sites (tertiary alicyclic amines) is 1. The quantitative estimate of drug-likeness (QED) is 0.491. The minimum atomic E-state index is -0.174. The molecule has 1 aliphatic heterocycles. The van der Waals surface area contributed by atoms with Crippen molar-refractivity contribution in [2.24, 2.45) is 5.92 Å². The highest BCUT2D eigenvalue weighted by atomic mass is 16.5. The van der Waals surface area contributed by atoms with Crippen LogP contribution in [0.1, 0.15) is 24.5 Å². The van der Waals surface area contributed by atoms with Gasteiger partial charge in [-0.05, 0) is 37.6 Å². The van der Waals surface area contributed by atoms with E-state index in [1.165, 1.54) is 0 Å². The molecule has 0 aliphatic carbocycles. The number of phenolic OH excluding ortho intramolecular Hbond substituents is 1. The molecule has 0 bridgehead atoms. The molecule has 0 aromatic heterocycles. The van der Waals surface area contributed by atoms with Crippen molar-refractivity contribution in [3.63, 3.8) is 0 Å². The van der Waals surface area contributed by atoms with Crippen LogP contribution >= 0.6 is 0 Å². The number of ether oxygens (including phenoxy) is 1. The molecule has 1 aromatic rings. The molecule has 0 amide bonds. The normalized spacial score (nSPS) is 18.4. The van der Waals surface area contributed by atoms with Gasteiger partial charge in [0.2, 0.25) is 0 Å². The van der Waals surface area contributed by atoms with Gasteiger partial charge in [0.1, 0.15) is 6.07 Å². The maximum atomic E-state index is 11.7. The van der Waals surface area contributed by atoms with Crippen LogP contribution in [-0.4, -0.2) is 35.7 Å². The van der Waals surface area contributed by atoms with E-state index in [9.17, 15) is 9.90 Å². The van der Waals surface area contributed by atoms with E-state index in [-0.39, 0.29) is 28.9 Å². The van der Waals surface area contributed by atoms with Crippen molar-refractivity contribution in [3.05, 3.63) is 23.3 Å². The van der Waals surface area contributed by atoms with Gasteiger partial charge in [-0.15, -0.1) is 0 Å². The smallest absolute Gasteiger partial charge is 0.310 e. The molecular weight excluding hydrogens is 270 g/mol. The first kappa shape index (κ1) is 15.1. The summed E-state index contributed by atoms with van der Waals surface area (Å²) >= 11 is 0. The first-order valence-corrected chi connectivity index (χ1v) is 6.95. The monoisotopic (exact) mass is 289 g/mol. The maximum Gasteiger partial charge on any atom is 0.310 e. The molecule has 3 N–H and O–H groups in total. The summed E-state index contributed by atoms with van der Waals surface area (Å²) in [5, 5.41) is 18.6. The van der Waals surface area contributed by atoms with Gasteiger partial charge in [-0.2, -0.15) is 5.26 Å². The number of anilines is 1. The largest absolute Gasteiger partial charge is 0.504 e. The topological polar surface area (TPSA) is 99.6 Å². The van der Waals surface area contributed by atoms with Gasteiger partial charge in [-0.1, -0.05) is 0 Å². The molecule has 1 saturated heterocycles. The van der Waals surface area contributed by atoms with E-state index in [4.69, 9.17) is 15.7 Å². The average molecular weight is 289 g/mol. The number of nitrogen functional groups attached to an aromatic ring is 1. The first-order chi connectivity index (χ1) is 10.0. The number of nitriles is 1. The van der Waals surface area contributed by atoms with Gasteiger partial charge in [-0.3, -0.25) is 9.69 Å². The molecule has 0 saturated carbocycles. The zero-order chi connectivity index (χ0) is 15.4. The number of carbonyl (C=O) groups is 1. The van der Waals surface area contributed by atoms with Crippen LogP contribution in [0.15, 0.2) is 12.1 Å². The van der Waals surface area contributed by atoms with E-state index in [1.807, 2.05) is 6.07 Å². The van der Waals surface area contributed by atoms with Gasteiger partial charge in [0.05, 0.1) is 23.8 Å². The molecule has 1 fully saturated rings. The summed E-state index contributed by atoms with van der Waals surface area (Å²) in [6.07, 6.45) is 0.775. The Morgan fingerprint density at radius 3 is 3.05 bits per heavy atom. The van der Waals surface area contributed by atoms with Gasteiger partial charge < -0.3 is 15.6 Å². The summed E-state index contributed by atoms with van der Waals surface area (Å²) in [5.74, 6) is -0.412. The number of aromatic hydroxyl groups is 1. The summed E-state index contributed by atoms with van der Waals surface area (Å²) in [5.41, 5.74) is 6.92. The minimum absolute atomic E-state index is 0.0881. The number of phenols is 1. The second-order valence-electron chi connectivity index (χ2n) is 5.17. The molecule has 6 nitrogen and oxygen atoms in total. The molecule has 1 heterocycles. The maximum absolute atomic E-state index is 11.7. The number of nitrogens with zero attached hydrogens (tertiary/aromatic N) is 2. The van der Waals surface area contributed by atoms with Crippen LogP contribution in [0.4, 0.5) is 5.69 Å². The number of benzene rings is 1. The third-order valence-electron chi connectivity index (χ3n) is 3.62. The van der Waals surface area contributed by atoms with E-state index in [2.05, 4.69) is 4.90 Å². The van der Waals surface area contributed by atoms with Crippen LogP contribution < -0.4 is 5.73 Å². The molecule has 1 aliphatic rings. The van der Waals surface area contributed by atoms with E-state index < -0.39 is 0 Å². The standard InChI is InChI=1S/C15H19N3O3/c1-2-21-15(20)11-3-4-18(9-11)8-10-5-12(7-16)14(19)13(17)6-10/h5-6,11,19H,2-4,8-9,17H2,1H3/t11-/m1/s1. The van der Waals surface area contributed by atoms with Gasteiger partial charge in [0, 0.05) is 13.1 Å². The van der Waals surface area contributed by atoms with Crippen LogP contribution in [0.3, 0.4) is 0 Å². The number of hydrogen-bond acceptors (Lipinski definition) is 6. The summed E-state index contributed by atoms with van der Waals surface area (Å²) in [6, 6.07) is 5.21. The molecule has 0 radical (unpaired) electrons. The molecule has 0 unspecified atom stereocenters. The number of carbonyl (C=O) groups excluding carboxylic acids is 1. The molecule has 1 atom stereocenters. The Kier molecular flexibility index (Phi) is 4.66. The third-order valence-corrected chi connectivity index (χ3v) is 3.62. The second-order valence-corrected chi connectivity index (χ2v) is 5.17. The Labute approximate surface area is 123 Å². The van der Waals surface area contributed by atoms with E-state index >= 15 is 0 Å². The zero-order valence-electron chi connectivity index (χ0n) is 12.0. The predicted molar refractivity (Wildman–Crippen MR) is 77.3 cm³/mol. The third kappa shape index (κ3) is 3.44. The van der Waals surface area contributed by atoms with Gasteiger partial charge in [0.15, 0.2) is 5.75 Å². The molecule has 0 spiro atoms. The Bertz CT molecular complexity index is 580. The van der Waals surface area contributed by atoms with Gasteiger partial charge >= 0.3 is 5.97 Å². The summed E-state index contributed by atoms with van der Waals surface area (Å²) in [7, 11) is 0. The average Bonchev–Trinajstić information content (AvgIpc) is 2.91. The predicted octanol–water partition coefficient (Wildman–Crippen LogP) is 1.23. The second kappa shape index (κ2) is 6.46. The van der Waals surface area contributed by atoms with E-state index in [1.54, 1.807) is 19.1 Å². The molecule has 112 valence electrons. The lowest BCUT2D eigenvalue weighted by molar-refractivity contribution is -0.147. The van der Waals surface area contributed by atoms with Crippen LogP contribution in [0, 0.1) is 17.2 Å². The molecule has 1 aromatic carbocycles. The van der Waals surface area contributed by atoms with Crippen LogP contribution in [0.2, 0.25) is 0 Å². The Morgan fingerprint density at radius 2 is 2.38 bits per heavy atom. The van der Waals surface area contributed by atoms with Crippen molar-refractivity contribution in [2.45, 2.75) is 19.9 Å². The summed E-state index contributed by atoms with van der Waals surface area (Å²) in [6.45, 7) is 4.23. The summed E-state index contributed by atoms with van der Waals surface area (Å²) in [4.78, 5) is 13.8. The number of rotatable bonds is 4. The van der Waals surface area contributed by atoms with Gasteiger partial charge in [-0.25, -0.2) is 0 Å². The highest BCUT2D eigenvalue weighted by Crippen LogP contribution is 2.28. The Morgan fingerprint density at radius 1 is 1.62 bits per heavy atom. The number of esters is 1. The van der Waals surface area contributed by atoms with Crippen LogP contribution in [-0.2, 0) is 16.1 Å². The molecule has 2 rings (SSSR count). The van der Waals surface area contributed by atoms with Crippen molar-refractivity contribution < 1.29 is 14.6 Å². The lowest BCUT2D eigenvalue weighted by Crippen LogP contribution is -2.24. The fourth-order valence-corrected chi connectivity index (χ4v) is 2.58. The minimum Gasteiger partial charge on any atom is -0.504 e. The fraction of sp³-hybridized carbons (Fsp3) is 0.467. The Hall–Kier alpha value is -2.26. The first-order valence-electron chi connectivity index (χ1n) is 6.95. The van der Waals surface area contributed by atoms with E-state index in [0.29, 0.717) is 19.7 Å². The lowest BCUT2D eigenvalue weighted by Gasteiger charge is -2.16. The SMILES string of the molecule is CCOC(=O)[C@@H]1CCN(Cc2cc(N)c(O)c(C#N)c2)C1. The fourth-order valence-electron chi connectivity index (χ4n) is 2.58. The zero-order valence-corrected chi connectivity index (χ0v) is 12.0. The van der Waals surface area contributed by atoms with Crippen molar-refractivity contribution >= 4 is 11.7 Å². The highest BCUT2D eigenvalue weighted by Gasteiger charge is 2.29. The molecule has 6 heteroatoms. The molecular formula is C15H19N3O3. The van der Waals surface area contributed by atoms with Crippen molar-refractivity contribution in [2.75, 3.05) is 25.4 Å². The van der Waals surface area contributed by atoms with Crippen molar-refractivity contribution in [1.82, 2.24) is 4.90 Å². The van der Waals surface area contributed by atoms with Crippen molar-refractivity contribution in [1.29, 1.82) is 5.26 Å². The summed E-state index contributed by atoms with van der Waals surface area (Å²) < 4.78 is 5.03. The van der Waals surface area contributed by atoms with Crippen molar-refractivity contribution in [3.8, 4) is 11.8 Å². The highest BCUT2D eigenvalue weighted by molar-refractivity contribution is 5.73. The number of hydrogen-bond donors (Lipinski definition) is 2. The van der Waals surface area contributed by atoms with E-state index in [0.717, 1.165) is 18.5 Å².